The van der Waals surface area contributed by atoms with Crippen molar-refractivity contribution in [2.24, 2.45) is 0 Å². The Kier molecular flexibility index (Phi) is 4.84. The Balaban J connectivity index is 2.35. The molecular weight excluding hydrogens is 312 g/mol. The second-order valence-corrected chi connectivity index (χ2v) is 8.09. The minimum atomic E-state index is -3.31. The molecule has 0 fully saturated rings. The summed E-state index contributed by atoms with van der Waals surface area (Å²) < 4.78 is 25.3. The summed E-state index contributed by atoms with van der Waals surface area (Å²) in [5.74, 6) is -0.0521. The van der Waals surface area contributed by atoms with E-state index in [2.05, 4.69) is 6.58 Å². The van der Waals surface area contributed by atoms with E-state index in [4.69, 9.17) is 0 Å². The highest BCUT2D eigenvalue weighted by Crippen LogP contribution is 2.34. The maximum absolute atomic E-state index is 12.6. The van der Waals surface area contributed by atoms with Gasteiger partial charge in [0.25, 0.3) is 5.91 Å². The zero-order chi connectivity index (χ0) is 17.4. The van der Waals surface area contributed by atoms with Crippen LogP contribution in [0.3, 0.4) is 0 Å². The summed E-state index contributed by atoms with van der Waals surface area (Å²) in [7, 11) is -3.31. The first-order valence-corrected chi connectivity index (χ1v) is 9.56. The van der Waals surface area contributed by atoms with Crippen molar-refractivity contribution in [3.05, 3.63) is 41.5 Å². The molecular formula is C17H24N2O3S. The van der Waals surface area contributed by atoms with Crippen LogP contribution in [0, 0.1) is 0 Å². The number of fused-ring (bicyclic) bond motifs is 1. The van der Waals surface area contributed by atoms with Crippen molar-refractivity contribution in [2.75, 3.05) is 23.7 Å². The van der Waals surface area contributed by atoms with E-state index in [0.29, 0.717) is 30.8 Å². The Morgan fingerprint density at radius 3 is 2.61 bits per heavy atom. The molecule has 1 heterocycles. The monoisotopic (exact) mass is 336 g/mol. The molecule has 0 radical (unpaired) electrons. The fourth-order valence-electron chi connectivity index (χ4n) is 3.08. The Hall–Kier alpha value is -1.82. The lowest BCUT2D eigenvalue weighted by molar-refractivity contribution is 0.0778. The lowest BCUT2D eigenvalue weighted by Gasteiger charge is -2.23. The second-order valence-electron chi connectivity index (χ2n) is 6.23. The van der Waals surface area contributed by atoms with Gasteiger partial charge in [0.15, 0.2) is 0 Å². The van der Waals surface area contributed by atoms with Crippen molar-refractivity contribution in [3.63, 3.8) is 0 Å². The molecule has 0 spiro atoms. The number of likely N-dealkylation sites (N-methyl/N-ethyl adjacent to an activating group) is 1. The third-order valence-corrected chi connectivity index (χ3v) is 5.24. The minimum absolute atomic E-state index is 0.0521. The number of rotatable bonds is 5. The summed E-state index contributed by atoms with van der Waals surface area (Å²) in [6.07, 6.45) is 1.83. The third-order valence-electron chi connectivity index (χ3n) is 3.97. The maximum atomic E-state index is 12.6. The Morgan fingerprint density at radius 2 is 2.09 bits per heavy atom. The number of sulfonamides is 1. The Labute approximate surface area is 138 Å². The SMILES string of the molecule is C=C(C)CN(CC)C(=O)c1ccc2c(c1)CC(C)N2S(C)(=O)=O. The Bertz CT molecular complexity index is 740. The molecule has 1 aliphatic heterocycles. The molecule has 2 rings (SSSR count). The molecule has 0 N–H and O–H groups in total. The summed E-state index contributed by atoms with van der Waals surface area (Å²) in [6, 6.07) is 5.14. The lowest BCUT2D eigenvalue weighted by Crippen LogP contribution is -2.34. The number of amides is 1. The van der Waals surface area contributed by atoms with E-state index in [1.165, 1.54) is 10.6 Å². The van der Waals surface area contributed by atoms with Crippen LogP contribution in [-0.4, -0.2) is 44.6 Å². The van der Waals surface area contributed by atoms with Gasteiger partial charge in [-0.1, -0.05) is 12.2 Å². The molecule has 0 aliphatic carbocycles. The van der Waals surface area contributed by atoms with E-state index in [0.717, 1.165) is 11.1 Å². The van der Waals surface area contributed by atoms with Crippen molar-refractivity contribution in [1.29, 1.82) is 0 Å². The fourth-order valence-corrected chi connectivity index (χ4v) is 4.34. The van der Waals surface area contributed by atoms with Crippen LogP contribution in [0.25, 0.3) is 0 Å². The number of anilines is 1. The largest absolute Gasteiger partial charge is 0.335 e. The van der Waals surface area contributed by atoms with Crippen LogP contribution in [-0.2, 0) is 16.4 Å². The van der Waals surface area contributed by atoms with E-state index < -0.39 is 10.0 Å². The van der Waals surface area contributed by atoms with Crippen molar-refractivity contribution >= 4 is 21.6 Å². The molecule has 126 valence electrons. The quantitative estimate of drug-likeness (QED) is 0.776. The first-order chi connectivity index (χ1) is 10.6. The van der Waals surface area contributed by atoms with Gasteiger partial charge >= 0.3 is 0 Å². The highest BCUT2D eigenvalue weighted by molar-refractivity contribution is 7.92. The highest BCUT2D eigenvalue weighted by atomic mass is 32.2. The maximum Gasteiger partial charge on any atom is 0.254 e. The molecule has 0 saturated heterocycles. The van der Waals surface area contributed by atoms with Crippen LogP contribution < -0.4 is 4.31 Å². The summed E-state index contributed by atoms with van der Waals surface area (Å²) >= 11 is 0. The molecule has 1 aromatic rings. The van der Waals surface area contributed by atoms with Crippen LogP contribution in [0.5, 0.6) is 0 Å². The Morgan fingerprint density at radius 1 is 1.43 bits per heavy atom. The molecule has 0 bridgehead atoms. The van der Waals surface area contributed by atoms with Crippen molar-refractivity contribution in [1.82, 2.24) is 4.90 Å². The topological polar surface area (TPSA) is 57.7 Å². The van der Waals surface area contributed by atoms with Crippen LogP contribution in [0.15, 0.2) is 30.4 Å². The zero-order valence-corrected chi connectivity index (χ0v) is 15.0. The van der Waals surface area contributed by atoms with Gasteiger partial charge in [-0.2, -0.15) is 0 Å². The number of hydrogen-bond acceptors (Lipinski definition) is 3. The first-order valence-electron chi connectivity index (χ1n) is 7.71. The molecule has 0 saturated carbocycles. The average Bonchev–Trinajstić information content (AvgIpc) is 2.78. The molecule has 1 aromatic carbocycles. The van der Waals surface area contributed by atoms with Crippen molar-refractivity contribution in [2.45, 2.75) is 33.2 Å². The van der Waals surface area contributed by atoms with E-state index in [9.17, 15) is 13.2 Å². The van der Waals surface area contributed by atoms with E-state index in [-0.39, 0.29) is 11.9 Å². The fraction of sp³-hybridized carbons (Fsp3) is 0.471. The number of benzene rings is 1. The standard InChI is InChI=1S/C17H24N2O3S/c1-6-18(11-12(2)3)17(20)14-7-8-16-15(10-14)9-13(4)19(16)23(5,21)22/h7-8,10,13H,2,6,9,11H2,1,3-5H3. The average molecular weight is 336 g/mol. The van der Waals surface area contributed by atoms with Crippen molar-refractivity contribution < 1.29 is 13.2 Å². The van der Waals surface area contributed by atoms with Gasteiger partial charge < -0.3 is 4.90 Å². The molecule has 1 amide bonds. The van der Waals surface area contributed by atoms with Gasteiger partial charge in [-0.15, -0.1) is 0 Å². The highest BCUT2D eigenvalue weighted by Gasteiger charge is 2.33. The summed E-state index contributed by atoms with van der Waals surface area (Å²) in [4.78, 5) is 14.4. The number of carbonyl (C=O) groups excluding carboxylic acids is 1. The van der Waals surface area contributed by atoms with E-state index >= 15 is 0 Å². The van der Waals surface area contributed by atoms with Crippen LogP contribution >= 0.6 is 0 Å². The zero-order valence-electron chi connectivity index (χ0n) is 14.2. The summed E-state index contributed by atoms with van der Waals surface area (Å²) in [6.45, 7) is 10.7. The molecule has 1 unspecified atom stereocenters. The second kappa shape index (κ2) is 6.35. The molecule has 6 heteroatoms. The smallest absolute Gasteiger partial charge is 0.254 e. The minimum Gasteiger partial charge on any atom is -0.335 e. The molecule has 0 aromatic heterocycles. The van der Waals surface area contributed by atoms with Crippen LogP contribution in [0.4, 0.5) is 5.69 Å². The van der Waals surface area contributed by atoms with Gasteiger partial charge in [-0.25, -0.2) is 8.42 Å². The normalized spacial score (nSPS) is 17.0. The third kappa shape index (κ3) is 3.58. The predicted molar refractivity (Wildman–Crippen MR) is 93.3 cm³/mol. The number of carbonyl (C=O) groups is 1. The van der Waals surface area contributed by atoms with Crippen LogP contribution in [0.2, 0.25) is 0 Å². The van der Waals surface area contributed by atoms with Gasteiger partial charge in [-0.3, -0.25) is 9.10 Å². The van der Waals surface area contributed by atoms with Gasteiger partial charge in [-0.05, 0) is 51.0 Å². The summed E-state index contributed by atoms with van der Waals surface area (Å²) in [5, 5.41) is 0. The first kappa shape index (κ1) is 17.5. The molecule has 5 nitrogen and oxygen atoms in total. The van der Waals surface area contributed by atoms with Gasteiger partial charge in [0.05, 0.1) is 11.9 Å². The van der Waals surface area contributed by atoms with Gasteiger partial charge in [0.2, 0.25) is 10.0 Å². The summed E-state index contributed by atoms with van der Waals surface area (Å²) in [5.41, 5.74) is 3.10. The predicted octanol–water partition coefficient (Wildman–Crippen LogP) is 2.44. The van der Waals surface area contributed by atoms with Gasteiger partial charge in [0, 0.05) is 24.7 Å². The molecule has 1 aliphatic rings. The van der Waals surface area contributed by atoms with Crippen LogP contribution in [0.1, 0.15) is 36.7 Å². The molecule has 23 heavy (non-hydrogen) atoms. The molecule has 1 atom stereocenters. The number of nitrogens with zero attached hydrogens (tertiary/aromatic N) is 2. The van der Waals surface area contributed by atoms with E-state index in [1.54, 1.807) is 17.0 Å². The van der Waals surface area contributed by atoms with Gasteiger partial charge in [0.1, 0.15) is 0 Å². The van der Waals surface area contributed by atoms with E-state index in [1.807, 2.05) is 26.8 Å². The lowest BCUT2D eigenvalue weighted by atomic mass is 10.1. The van der Waals surface area contributed by atoms with Crippen molar-refractivity contribution in [3.8, 4) is 0 Å². The number of hydrogen-bond donors (Lipinski definition) is 0.